The Balaban J connectivity index is 0.000000276. The topological polar surface area (TPSA) is 285 Å². The van der Waals surface area contributed by atoms with E-state index in [1.165, 1.54) is 159 Å². The molecule has 0 unspecified atom stereocenters. The van der Waals surface area contributed by atoms with Gasteiger partial charge in [0.25, 0.3) is 0 Å². The van der Waals surface area contributed by atoms with E-state index >= 15 is 0 Å². The predicted octanol–water partition coefficient (Wildman–Crippen LogP) is 8.87. The van der Waals surface area contributed by atoms with Gasteiger partial charge in [0.1, 0.15) is 0 Å². The first-order valence-corrected chi connectivity index (χ1v) is 49.1. The number of aromatic nitrogens is 6. The second kappa shape index (κ2) is 69.0. The van der Waals surface area contributed by atoms with Crippen LogP contribution in [0.4, 0.5) is 0 Å². The molecule has 12 heterocycles. The van der Waals surface area contributed by atoms with Crippen molar-refractivity contribution in [1.29, 1.82) is 0 Å². The molecule has 0 spiro atoms. The monoisotopic (exact) mass is 1800 g/mol. The number of hydrogen-bond acceptors (Lipinski definition) is 26. The van der Waals surface area contributed by atoms with Crippen molar-refractivity contribution in [3.63, 3.8) is 0 Å². The van der Waals surface area contributed by atoms with Crippen LogP contribution in [0, 0.1) is 0 Å². The van der Waals surface area contributed by atoms with Gasteiger partial charge in [-0.1, -0.05) is 106 Å². The van der Waals surface area contributed by atoms with Crippen molar-refractivity contribution in [3.05, 3.63) is 161 Å². The third-order valence-corrected chi connectivity index (χ3v) is 23.1. The number of hydrogen-bond donors (Lipinski definition) is 15. The number of nitrogens with zero attached hydrogens (tertiary/aromatic N) is 11. The predicted molar refractivity (Wildman–Crippen MR) is 555 cm³/mol. The van der Waals surface area contributed by atoms with E-state index < -0.39 is 0 Å². The van der Waals surface area contributed by atoms with Crippen LogP contribution in [0.2, 0.25) is 0 Å². The fourth-order valence-corrected chi connectivity index (χ4v) is 14.6. The Morgan fingerprint density at radius 2 is 0.485 bits per heavy atom. The Kier molecular flexibility index (Phi) is 60.3. The fraction of sp³-hybridized carbons (Fsp3) is 0.650. The maximum absolute atomic E-state index is 11.8. The van der Waals surface area contributed by atoms with E-state index in [0.29, 0.717) is 11.4 Å². The Labute approximate surface area is 788 Å². The molecular weight excluding hydrogens is 1620 g/mol. The molecule has 0 amide bonds. The Morgan fingerprint density at radius 3 is 0.738 bits per heavy atom. The molecule has 27 nitrogen and oxygen atoms in total. The van der Waals surface area contributed by atoms with Crippen LogP contribution in [0.5, 0.6) is 0 Å². The van der Waals surface area contributed by atoms with Crippen LogP contribution in [0.1, 0.15) is 138 Å². The zero-order valence-electron chi connectivity index (χ0n) is 83.0. The minimum Gasteiger partial charge on any atom is -0.352 e. The first kappa shape index (κ1) is 114. The summed E-state index contributed by atoms with van der Waals surface area (Å²) < 4.78 is 0. The number of H-pyrrole nitrogens is 1. The van der Waals surface area contributed by atoms with Crippen molar-refractivity contribution < 1.29 is 0 Å². The van der Waals surface area contributed by atoms with E-state index in [0.717, 1.165) is 229 Å². The van der Waals surface area contributed by atoms with Gasteiger partial charge in [0, 0.05) is 194 Å². The maximum Gasteiger partial charge on any atom is 0.182 e. The molecule has 27 heteroatoms. The molecule has 730 valence electrons. The molecule has 13 rings (SSSR count). The van der Waals surface area contributed by atoms with Gasteiger partial charge >= 0.3 is 0 Å². The normalized spacial score (nSPS) is 19.1. The number of benzene rings is 1. The van der Waals surface area contributed by atoms with Gasteiger partial charge < -0.3 is 109 Å². The summed E-state index contributed by atoms with van der Waals surface area (Å²) in [4.78, 5) is 52.5. The van der Waals surface area contributed by atoms with Crippen LogP contribution < -0.4 is 79.9 Å². The van der Waals surface area contributed by atoms with Crippen LogP contribution in [0.15, 0.2) is 139 Å². The summed E-state index contributed by atoms with van der Waals surface area (Å²) in [5, 5.41) is 47.3. The van der Waals surface area contributed by atoms with Gasteiger partial charge in [-0.2, -0.15) is 0 Å². The van der Waals surface area contributed by atoms with Gasteiger partial charge in [-0.25, -0.2) is 4.98 Å². The highest BCUT2D eigenvalue weighted by molar-refractivity contribution is 5.75. The maximum atomic E-state index is 11.8. The molecule has 15 N–H and O–H groups in total. The highest BCUT2D eigenvalue weighted by Crippen LogP contribution is 2.34. The van der Waals surface area contributed by atoms with Crippen molar-refractivity contribution in [2.75, 3.05) is 304 Å². The summed E-state index contributed by atoms with van der Waals surface area (Å²) in [6.45, 7) is 65.7. The summed E-state index contributed by atoms with van der Waals surface area (Å²) >= 11 is 0. The summed E-state index contributed by atoms with van der Waals surface area (Å²) in [6, 6.07) is 35.9. The van der Waals surface area contributed by atoms with Crippen LogP contribution in [-0.4, -0.2) is 363 Å². The van der Waals surface area contributed by atoms with E-state index in [9.17, 15) is 4.79 Å². The van der Waals surface area contributed by atoms with Crippen molar-refractivity contribution in [2.24, 2.45) is 0 Å². The van der Waals surface area contributed by atoms with Gasteiger partial charge in [0.05, 0.1) is 45.6 Å². The third kappa shape index (κ3) is 53.3. The second-order valence-corrected chi connectivity index (χ2v) is 38.0. The molecule has 0 aliphatic carbocycles. The molecular formula is C103H182N26O. The summed E-state index contributed by atoms with van der Waals surface area (Å²) in [5.74, 6) is 0. The molecule has 6 fully saturated rings. The summed E-state index contributed by atoms with van der Waals surface area (Å²) in [5.41, 5.74) is 12.5. The van der Waals surface area contributed by atoms with E-state index in [4.69, 9.17) is 15.0 Å². The molecule has 6 saturated heterocycles. The zero-order valence-corrected chi connectivity index (χ0v) is 83.0. The van der Waals surface area contributed by atoms with Crippen LogP contribution in [0.3, 0.4) is 0 Å². The zero-order chi connectivity index (χ0) is 92.7. The second-order valence-electron chi connectivity index (χ2n) is 38.0. The molecule has 6 aliphatic heterocycles. The first-order valence-electron chi connectivity index (χ1n) is 49.1. The van der Waals surface area contributed by atoms with E-state index in [2.05, 4.69) is 284 Å². The van der Waals surface area contributed by atoms with Crippen LogP contribution in [0.25, 0.3) is 56.7 Å². The lowest BCUT2D eigenvalue weighted by molar-refractivity contribution is 0.229. The molecule has 130 heavy (non-hydrogen) atoms. The molecule has 6 aromatic heterocycles. The van der Waals surface area contributed by atoms with Gasteiger partial charge in [-0.05, 0) is 303 Å². The standard InChI is InChI=1S/C33H39N3.C15H11N3O.C12H27N3.C10H24N4.2C9H21N3.C8H20N4.C6H15N3.CH4/c1-31(2,3)24-12-10-22(11-13-24)23-18-29(27-20-25(14-16-34-27)32(4,5)6)36-30(19-23)28-21-26(15-17-35-28)33(7,8)9;19-11-9-14(12-5-1-3-7-16-12)18-15(10-11)13-6-2-4-8-17-13;1-13-7-4-9-14(2)11-6-12-15(3)10-5-8-13;1-3-11-7-9-13-5-2-6-14-10-8-12-4-1;1-10-4-6-11(2)8-9-12(3)7-5-10;1-4-10-6-2-8-12-9-3-7-11-5-1;1-2-10-5-6-12-8-7-11-4-3-9-1;1-2-8-5-6-9-4-3-7-1;/h10-21H,1-9H3;1-10H,(H,18,19);4-12H2,1-3H3;11-14H,1-10H2;4-9H2,1-3H3;10-12H,1-9H2;9-12H,1-8H2;7-9H,1-6H2;1H4. The van der Waals surface area contributed by atoms with Crippen molar-refractivity contribution in [2.45, 2.75) is 137 Å². The number of rotatable bonds is 5. The minimum absolute atomic E-state index is 0. The SMILES string of the molecule is C.C1CNCCCNCCCNC1.C1CNCCNCCCNCCNC1.C1CNCCNCCN1.C1CNCCNCCNCCN1.CC(C)(C)c1ccc(-c2cc(-c3cc(C(C)(C)C)ccn3)nc(-c3cc(C(C)(C)C)ccn3)c2)cc1.CN1CCCN(C)CCCN(C)CCC1.CN1CCN(C)CCN(C)CC1.O=c1cc(-c2ccccn2)[nH]c(-c2ccccn2)c1. The average Bonchev–Trinajstić information content (AvgIpc) is 0.796. The van der Waals surface area contributed by atoms with Crippen LogP contribution >= 0.6 is 0 Å². The molecule has 0 atom stereocenters. The Bertz CT molecular complexity index is 3570. The quantitative estimate of drug-likeness (QED) is 0.0766. The minimum atomic E-state index is -0.0694. The number of aromatic amines is 1. The third-order valence-electron chi connectivity index (χ3n) is 23.1. The van der Waals surface area contributed by atoms with Gasteiger partial charge in [-0.3, -0.25) is 24.7 Å². The average molecular weight is 1800 g/mol. The number of pyridine rings is 6. The van der Waals surface area contributed by atoms with E-state index in [-0.39, 0.29) is 29.1 Å². The number of nitrogens with one attached hydrogen (secondary N) is 15. The lowest BCUT2D eigenvalue weighted by Gasteiger charge is -2.24. The molecule has 0 radical (unpaired) electrons. The van der Waals surface area contributed by atoms with Crippen molar-refractivity contribution in [3.8, 4) is 56.7 Å². The molecule has 6 aliphatic rings. The lowest BCUT2D eigenvalue weighted by Crippen LogP contribution is -2.39. The molecule has 1 aromatic carbocycles. The molecule has 7 aromatic rings. The van der Waals surface area contributed by atoms with E-state index in [1.54, 1.807) is 12.4 Å². The Morgan fingerprint density at radius 1 is 0.238 bits per heavy atom. The largest absolute Gasteiger partial charge is 0.352 e. The highest BCUT2D eigenvalue weighted by atomic mass is 16.1. The molecule has 0 bridgehead atoms. The van der Waals surface area contributed by atoms with Crippen LogP contribution in [-0.2, 0) is 16.2 Å². The van der Waals surface area contributed by atoms with E-state index in [1.807, 2.05) is 48.8 Å². The summed E-state index contributed by atoms with van der Waals surface area (Å²) in [6.07, 6.45) is 17.3. The van der Waals surface area contributed by atoms with Crippen molar-refractivity contribution >= 4 is 0 Å². The lowest BCUT2D eigenvalue weighted by atomic mass is 9.86. The van der Waals surface area contributed by atoms with Gasteiger partial charge in [0.2, 0.25) is 0 Å². The fourth-order valence-electron chi connectivity index (χ4n) is 14.6. The van der Waals surface area contributed by atoms with Crippen molar-refractivity contribution in [1.82, 2.24) is 134 Å². The van der Waals surface area contributed by atoms with Gasteiger partial charge in [-0.15, -0.1) is 0 Å². The number of likely N-dealkylation sites (N-methyl/N-ethyl adjacent to an activating group) is 3. The molecule has 0 saturated carbocycles. The Hall–Kier alpha value is -6.88. The highest BCUT2D eigenvalue weighted by Gasteiger charge is 2.21. The summed E-state index contributed by atoms with van der Waals surface area (Å²) in [7, 11) is 13.3. The van der Waals surface area contributed by atoms with Gasteiger partial charge in [0.15, 0.2) is 5.43 Å². The smallest absolute Gasteiger partial charge is 0.182 e. The first-order chi connectivity index (χ1) is 62.4.